The summed E-state index contributed by atoms with van der Waals surface area (Å²) in [6, 6.07) is 5.61. The molecular weight excluding hydrogens is 178 g/mol. The van der Waals surface area contributed by atoms with E-state index < -0.39 is 0 Å². The van der Waals surface area contributed by atoms with Crippen LogP contribution in [0.4, 0.5) is 0 Å². The molecule has 0 heterocycles. The van der Waals surface area contributed by atoms with Crippen LogP contribution in [0.2, 0.25) is 0 Å². The predicted molar refractivity (Wildman–Crippen MR) is 57.4 cm³/mol. The predicted octanol–water partition coefficient (Wildman–Crippen LogP) is 2.02. The van der Waals surface area contributed by atoms with Gasteiger partial charge in [0.15, 0.2) is 0 Å². The fourth-order valence-corrected chi connectivity index (χ4v) is 1.18. The maximum Gasteiger partial charge on any atom is 0.129 e. The number of benzene rings is 1. The van der Waals surface area contributed by atoms with Crippen LogP contribution in [0.25, 0.3) is 6.08 Å². The molecule has 2 N–H and O–H groups in total. The summed E-state index contributed by atoms with van der Waals surface area (Å²) in [6.07, 6.45) is 1.86. The molecule has 0 aliphatic rings. The van der Waals surface area contributed by atoms with Crippen molar-refractivity contribution in [2.75, 3.05) is 14.2 Å². The van der Waals surface area contributed by atoms with E-state index in [1.165, 1.54) is 0 Å². The Labute approximate surface area is 84.1 Å². The number of hydrogen-bond donors (Lipinski definition) is 1. The van der Waals surface area contributed by atoms with Gasteiger partial charge in [0.25, 0.3) is 0 Å². The number of nitrogens with two attached hydrogens (primary N) is 1. The molecule has 0 spiro atoms. The molecule has 3 nitrogen and oxygen atoms in total. The van der Waals surface area contributed by atoms with Crippen LogP contribution >= 0.6 is 0 Å². The smallest absolute Gasteiger partial charge is 0.129 e. The standard InChI is InChI=1S/C11H15NO2/c1-8(12)6-9-4-5-10(13-2)7-11(9)14-3/h4-7H,12H2,1-3H3. The summed E-state index contributed by atoms with van der Waals surface area (Å²) in [4.78, 5) is 0. The summed E-state index contributed by atoms with van der Waals surface area (Å²) in [5, 5.41) is 0. The molecule has 0 aromatic heterocycles. The second-order valence-corrected chi connectivity index (χ2v) is 3.00. The molecule has 1 aromatic carbocycles. The highest BCUT2D eigenvalue weighted by atomic mass is 16.5. The molecule has 0 saturated heterocycles. The van der Waals surface area contributed by atoms with Crippen LogP contribution in [0.5, 0.6) is 11.5 Å². The van der Waals surface area contributed by atoms with E-state index in [0.717, 1.165) is 22.8 Å². The maximum absolute atomic E-state index is 5.59. The zero-order valence-electron chi connectivity index (χ0n) is 8.70. The van der Waals surface area contributed by atoms with Gasteiger partial charge in [-0.3, -0.25) is 0 Å². The van der Waals surface area contributed by atoms with Crippen molar-refractivity contribution in [3.05, 3.63) is 29.5 Å². The lowest BCUT2D eigenvalue weighted by Crippen LogP contribution is -1.93. The first-order valence-electron chi connectivity index (χ1n) is 4.33. The van der Waals surface area contributed by atoms with Crippen LogP contribution in [0.1, 0.15) is 12.5 Å². The van der Waals surface area contributed by atoms with Gasteiger partial charge in [-0.2, -0.15) is 0 Å². The third-order valence-electron chi connectivity index (χ3n) is 1.82. The molecule has 0 unspecified atom stereocenters. The number of methoxy groups -OCH3 is 2. The zero-order chi connectivity index (χ0) is 10.6. The van der Waals surface area contributed by atoms with E-state index in [2.05, 4.69) is 0 Å². The van der Waals surface area contributed by atoms with Gasteiger partial charge in [-0.1, -0.05) is 0 Å². The van der Waals surface area contributed by atoms with Crippen molar-refractivity contribution in [1.29, 1.82) is 0 Å². The second kappa shape index (κ2) is 4.56. The minimum Gasteiger partial charge on any atom is -0.497 e. The van der Waals surface area contributed by atoms with Crippen LogP contribution < -0.4 is 15.2 Å². The van der Waals surface area contributed by atoms with Crippen LogP contribution in [0.3, 0.4) is 0 Å². The third kappa shape index (κ3) is 2.42. The summed E-state index contributed by atoms with van der Waals surface area (Å²) >= 11 is 0. The Bertz CT molecular complexity index is 341. The molecular formula is C11H15NO2. The monoisotopic (exact) mass is 193 g/mol. The number of ether oxygens (including phenoxy) is 2. The Balaban J connectivity index is 3.11. The first-order chi connectivity index (χ1) is 6.67. The van der Waals surface area contributed by atoms with E-state index >= 15 is 0 Å². The lowest BCUT2D eigenvalue weighted by Gasteiger charge is -2.07. The van der Waals surface area contributed by atoms with E-state index in [4.69, 9.17) is 15.2 Å². The number of hydrogen-bond acceptors (Lipinski definition) is 3. The third-order valence-corrected chi connectivity index (χ3v) is 1.82. The fourth-order valence-electron chi connectivity index (χ4n) is 1.18. The van der Waals surface area contributed by atoms with Crippen molar-refractivity contribution in [2.24, 2.45) is 5.73 Å². The molecule has 3 heteroatoms. The van der Waals surface area contributed by atoms with Gasteiger partial charge < -0.3 is 15.2 Å². The maximum atomic E-state index is 5.59. The lowest BCUT2D eigenvalue weighted by atomic mass is 10.1. The second-order valence-electron chi connectivity index (χ2n) is 3.00. The average molecular weight is 193 g/mol. The van der Waals surface area contributed by atoms with E-state index in [9.17, 15) is 0 Å². The van der Waals surface area contributed by atoms with Gasteiger partial charge in [-0.25, -0.2) is 0 Å². The van der Waals surface area contributed by atoms with E-state index in [1.807, 2.05) is 31.2 Å². The van der Waals surface area contributed by atoms with E-state index in [0.29, 0.717) is 0 Å². The van der Waals surface area contributed by atoms with Gasteiger partial charge in [0.05, 0.1) is 14.2 Å². The van der Waals surface area contributed by atoms with Gasteiger partial charge in [-0.05, 0) is 25.1 Å². The molecule has 1 rings (SSSR count). The molecule has 76 valence electrons. The van der Waals surface area contributed by atoms with E-state index in [-0.39, 0.29) is 0 Å². The van der Waals surface area contributed by atoms with E-state index in [1.54, 1.807) is 14.2 Å². The van der Waals surface area contributed by atoms with Gasteiger partial charge in [-0.15, -0.1) is 0 Å². The Kier molecular flexibility index (Phi) is 3.40. The highest BCUT2D eigenvalue weighted by Crippen LogP contribution is 2.25. The van der Waals surface area contributed by atoms with Gasteiger partial charge in [0.1, 0.15) is 11.5 Å². The lowest BCUT2D eigenvalue weighted by molar-refractivity contribution is 0.393. The molecule has 0 aliphatic heterocycles. The molecule has 0 atom stereocenters. The van der Waals surface area contributed by atoms with Crippen molar-refractivity contribution in [3.8, 4) is 11.5 Å². The molecule has 0 radical (unpaired) electrons. The van der Waals surface area contributed by atoms with Crippen molar-refractivity contribution in [3.63, 3.8) is 0 Å². The largest absolute Gasteiger partial charge is 0.497 e. The highest BCUT2D eigenvalue weighted by molar-refractivity contribution is 5.60. The normalized spacial score (nSPS) is 11.2. The quantitative estimate of drug-likeness (QED) is 0.798. The number of rotatable bonds is 3. The van der Waals surface area contributed by atoms with Gasteiger partial charge >= 0.3 is 0 Å². The summed E-state index contributed by atoms with van der Waals surface area (Å²) < 4.78 is 10.3. The first-order valence-corrected chi connectivity index (χ1v) is 4.33. The molecule has 0 bridgehead atoms. The minimum absolute atomic E-state index is 0.744. The Morgan fingerprint density at radius 3 is 2.50 bits per heavy atom. The van der Waals surface area contributed by atoms with Crippen LogP contribution in [-0.2, 0) is 0 Å². The summed E-state index contributed by atoms with van der Waals surface area (Å²) in [6.45, 7) is 1.84. The van der Waals surface area contributed by atoms with Crippen molar-refractivity contribution in [2.45, 2.75) is 6.92 Å². The zero-order valence-corrected chi connectivity index (χ0v) is 8.70. The highest BCUT2D eigenvalue weighted by Gasteiger charge is 2.01. The van der Waals surface area contributed by atoms with Crippen molar-refractivity contribution >= 4 is 6.08 Å². The van der Waals surface area contributed by atoms with Gasteiger partial charge in [0, 0.05) is 17.3 Å². The van der Waals surface area contributed by atoms with Crippen molar-refractivity contribution < 1.29 is 9.47 Å². The first kappa shape index (κ1) is 10.4. The summed E-state index contributed by atoms with van der Waals surface area (Å²) in [7, 11) is 3.25. The van der Waals surface area contributed by atoms with Gasteiger partial charge in [0.2, 0.25) is 0 Å². The molecule has 0 aliphatic carbocycles. The van der Waals surface area contributed by atoms with Crippen molar-refractivity contribution in [1.82, 2.24) is 0 Å². The molecule has 14 heavy (non-hydrogen) atoms. The number of allylic oxidation sites excluding steroid dienone is 1. The molecule has 0 fully saturated rings. The molecule has 1 aromatic rings. The summed E-state index contributed by atoms with van der Waals surface area (Å²) in [5.74, 6) is 1.53. The SMILES string of the molecule is COc1ccc(C=C(C)N)c(OC)c1. The fraction of sp³-hybridized carbons (Fsp3) is 0.273. The van der Waals surface area contributed by atoms with Crippen LogP contribution in [-0.4, -0.2) is 14.2 Å². The van der Waals surface area contributed by atoms with Crippen LogP contribution in [0.15, 0.2) is 23.9 Å². The Hall–Kier alpha value is -1.64. The Morgan fingerprint density at radius 2 is 2.00 bits per heavy atom. The van der Waals surface area contributed by atoms with Crippen LogP contribution in [0, 0.1) is 0 Å². The topological polar surface area (TPSA) is 44.5 Å². The average Bonchev–Trinajstić information content (AvgIpc) is 2.17. The summed E-state index contributed by atoms with van der Waals surface area (Å²) in [5.41, 5.74) is 7.29. The minimum atomic E-state index is 0.744. The molecule has 0 amide bonds. The molecule has 0 saturated carbocycles. The Morgan fingerprint density at radius 1 is 1.29 bits per heavy atom.